The molecule has 1 aliphatic heterocycles. The van der Waals surface area contributed by atoms with Crippen LogP contribution in [0.2, 0.25) is 0 Å². The van der Waals surface area contributed by atoms with E-state index in [4.69, 9.17) is 15.7 Å². The van der Waals surface area contributed by atoms with Gasteiger partial charge in [-0.1, -0.05) is 6.92 Å². The lowest BCUT2D eigenvalue weighted by molar-refractivity contribution is 0.204. The number of anilines is 2. The van der Waals surface area contributed by atoms with Gasteiger partial charge in [0.2, 0.25) is 5.95 Å². The Hall–Kier alpha value is -4.09. The Bertz CT molecular complexity index is 1470. The van der Waals surface area contributed by atoms with E-state index in [-0.39, 0.29) is 12.1 Å². The number of urea groups is 1. The molecule has 1 aliphatic rings. The van der Waals surface area contributed by atoms with Gasteiger partial charge in [-0.3, -0.25) is 9.67 Å². The highest BCUT2D eigenvalue weighted by atomic mass is 19.2. The number of primary amides is 1. The topological polar surface area (TPSA) is 118 Å². The molecule has 37 heavy (non-hydrogen) atoms. The van der Waals surface area contributed by atoms with Crippen LogP contribution in [0.3, 0.4) is 0 Å². The molecule has 0 radical (unpaired) electrons. The van der Waals surface area contributed by atoms with Gasteiger partial charge in [-0.2, -0.15) is 10.1 Å². The Morgan fingerprint density at radius 3 is 2.49 bits per heavy atom. The summed E-state index contributed by atoms with van der Waals surface area (Å²) in [5, 5.41) is 8.57. The van der Waals surface area contributed by atoms with Crippen molar-refractivity contribution in [3.63, 3.8) is 0 Å². The molecular formula is C25H29F2N9O. The standard InChI is InChI=1S/C25H29F2N9O/c1-4-14(2)36-22-21(13-30-36)32-25(35-7-5-34(6-8-35)24(28)37)33-23(22)31-15(3)17-9-16-10-18(26)19(27)11-20(16)29-12-17/h9-15H,4-8H2,1-3H3,(H2,28,37)(H,31,32,33)/t14-,15?/m0/s1. The Kier molecular flexibility index (Phi) is 6.48. The molecule has 3 aromatic heterocycles. The quantitative estimate of drug-likeness (QED) is 0.403. The van der Waals surface area contributed by atoms with Crippen molar-refractivity contribution in [2.45, 2.75) is 39.3 Å². The van der Waals surface area contributed by atoms with Gasteiger partial charge in [0.05, 0.1) is 17.8 Å². The molecule has 1 fully saturated rings. The third-order valence-corrected chi connectivity index (χ3v) is 6.91. The van der Waals surface area contributed by atoms with E-state index in [0.717, 1.165) is 29.6 Å². The highest BCUT2D eigenvalue weighted by Gasteiger charge is 2.24. The number of rotatable bonds is 6. The van der Waals surface area contributed by atoms with E-state index < -0.39 is 17.7 Å². The van der Waals surface area contributed by atoms with Crippen LogP contribution in [0.4, 0.5) is 25.3 Å². The summed E-state index contributed by atoms with van der Waals surface area (Å²) in [6.07, 6.45) is 4.25. The summed E-state index contributed by atoms with van der Waals surface area (Å²) >= 11 is 0. The fraction of sp³-hybridized carbons (Fsp3) is 0.400. The SMILES string of the molecule is CC[C@H](C)n1ncc2nc(N3CCN(C(N)=O)CC3)nc(NC(C)c3cnc4cc(F)c(F)cc4c3)c21. The summed E-state index contributed by atoms with van der Waals surface area (Å²) in [5.41, 5.74) is 8.08. The van der Waals surface area contributed by atoms with Crippen molar-refractivity contribution in [1.82, 2.24) is 29.6 Å². The lowest BCUT2D eigenvalue weighted by atomic mass is 10.1. The summed E-state index contributed by atoms with van der Waals surface area (Å²) in [4.78, 5) is 29.1. The molecular weight excluding hydrogens is 480 g/mol. The van der Waals surface area contributed by atoms with Crippen LogP contribution in [-0.2, 0) is 0 Å². The van der Waals surface area contributed by atoms with E-state index in [0.29, 0.717) is 54.4 Å². The number of nitrogens with two attached hydrogens (primary N) is 1. The summed E-state index contributed by atoms with van der Waals surface area (Å²) in [5.74, 6) is -0.704. The van der Waals surface area contributed by atoms with Crippen LogP contribution in [0.15, 0.2) is 30.6 Å². The number of aromatic nitrogens is 5. The van der Waals surface area contributed by atoms with Gasteiger partial charge < -0.3 is 20.9 Å². The molecule has 2 atom stereocenters. The van der Waals surface area contributed by atoms with Gasteiger partial charge in [-0.05, 0) is 38.0 Å². The Morgan fingerprint density at radius 2 is 1.78 bits per heavy atom. The number of carbonyl (C=O) groups is 1. The molecule has 10 nitrogen and oxygen atoms in total. The first-order chi connectivity index (χ1) is 17.7. The average Bonchev–Trinajstić information content (AvgIpc) is 3.33. The van der Waals surface area contributed by atoms with Crippen LogP contribution in [0.5, 0.6) is 0 Å². The minimum Gasteiger partial charge on any atom is -0.362 e. The summed E-state index contributed by atoms with van der Waals surface area (Å²) < 4.78 is 29.4. The normalized spacial score (nSPS) is 15.8. The van der Waals surface area contributed by atoms with Crippen LogP contribution in [0, 0.1) is 11.6 Å². The first-order valence-electron chi connectivity index (χ1n) is 12.3. The summed E-state index contributed by atoms with van der Waals surface area (Å²) in [6.45, 7) is 8.21. The number of fused-ring (bicyclic) bond motifs is 2. The summed E-state index contributed by atoms with van der Waals surface area (Å²) in [7, 11) is 0. The minimum absolute atomic E-state index is 0.127. The number of hydrogen-bond acceptors (Lipinski definition) is 7. The summed E-state index contributed by atoms with van der Waals surface area (Å²) in [6, 6.07) is 3.46. The van der Waals surface area contributed by atoms with Crippen molar-refractivity contribution in [2.24, 2.45) is 5.73 Å². The number of carbonyl (C=O) groups excluding carboxylic acids is 1. The predicted molar refractivity (Wildman–Crippen MR) is 137 cm³/mol. The number of halogens is 2. The smallest absolute Gasteiger partial charge is 0.314 e. The predicted octanol–water partition coefficient (Wildman–Crippen LogP) is 4.00. The molecule has 0 saturated carbocycles. The molecule has 194 valence electrons. The number of amides is 2. The molecule has 2 amide bonds. The Morgan fingerprint density at radius 1 is 1.05 bits per heavy atom. The van der Waals surface area contributed by atoms with E-state index in [1.54, 1.807) is 23.4 Å². The highest BCUT2D eigenvalue weighted by Crippen LogP contribution is 2.30. The third kappa shape index (κ3) is 4.70. The molecule has 4 aromatic rings. The Balaban J connectivity index is 1.51. The molecule has 0 spiro atoms. The van der Waals surface area contributed by atoms with Crippen LogP contribution >= 0.6 is 0 Å². The van der Waals surface area contributed by atoms with Gasteiger partial charge in [0.15, 0.2) is 17.5 Å². The fourth-order valence-electron chi connectivity index (χ4n) is 4.49. The first kappa shape index (κ1) is 24.6. The van der Waals surface area contributed by atoms with E-state index in [1.807, 2.05) is 16.5 Å². The second kappa shape index (κ2) is 9.75. The number of pyridine rings is 1. The van der Waals surface area contributed by atoms with Gasteiger partial charge in [-0.25, -0.2) is 18.6 Å². The molecule has 1 aromatic carbocycles. The van der Waals surface area contributed by atoms with Crippen LogP contribution in [0.25, 0.3) is 21.9 Å². The lowest BCUT2D eigenvalue weighted by Gasteiger charge is -2.34. The largest absolute Gasteiger partial charge is 0.362 e. The molecule has 1 saturated heterocycles. The zero-order valence-electron chi connectivity index (χ0n) is 20.9. The van der Waals surface area contributed by atoms with Crippen LogP contribution < -0.4 is 16.0 Å². The zero-order valence-corrected chi connectivity index (χ0v) is 20.9. The van der Waals surface area contributed by atoms with Crippen molar-refractivity contribution in [1.29, 1.82) is 0 Å². The van der Waals surface area contributed by atoms with Gasteiger partial charge in [0.25, 0.3) is 0 Å². The fourth-order valence-corrected chi connectivity index (χ4v) is 4.49. The van der Waals surface area contributed by atoms with Gasteiger partial charge in [0, 0.05) is 49.9 Å². The van der Waals surface area contributed by atoms with Crippen molar-refractivity contribution in [3.8, 4) is 0 Å². The lowest BCUT2D eigenvalue weighted by Crippen LogP contribution is -2.51. The Labute approximate surface area is 212 Å². The number of nitrogens with zero attached hydrogens (tertiary/aromatic N) is 7. The highest BCUT2D eigenvalue weighted by molar-refractivity contribution is 5.87. The number of hydrogen-bond donors (Lipinski definition) is 2. The third-order valence-electron chi connectivity index (χ3n) is 6.91. The average molecular weight is 510 g/mol. The zero-order chi connectivity index (χ0) is 26.3. The van der Waals surface area contributed by atoms with Gasteiger partial charge in [0.1, 0.15) is 11.0 Å². The second-order valence-electron chi connectivity index (χ2n) is 9.36. The monoisotopic (exact) mass is 509 g/mol. The van der Waals surface area contributed by atoms with Crippen LogP contribution in [-0.4, -0.2) is 61.8 Å². The first-order valence-corrected chi connectivity index (χ1v) is 12.3. The molecule has 12 heteroatoms. The van der Waals surface area contributed by atoms with Gasteiger partial charge in [-0.15, -0.1) is 0 Å². The number of nitrogens with one attached hydrogen (secondary N) is 1. The van der Waals surface area contributed by atoms with Crippen molar-refractivity contribution >= 4 is 39.7 Å². The minimum atomic E-state index is -0.926. The number of piperazine rings is 1. The molecule has 0 aliphatic carbocycles. The van der Waals surface area contributed by atoms with E-state index in [2.05, 4.69) is 29.2 Å². The molecule has 4 heterocycles. The molecule has 3 N–H and O–H groups in total. The molecule has 1 unspecified atom stereocenters. The van der Waals surface area contributed by atoms with E-state index in [9.17, 15) is 13.6 Å². The van der Waals surface area contributed by atoms with Crippen molar-refractivity contribution in [2.75, 3.05) is 36.4 Å². The maximum Gasteiger partial charge on any atom is 0.314 e. The maximum absolute atomic E-state index is 13.8. The second-order valence-corrected chi connectivity index (χ2v) is 9.36. The molecule has 5 rings (SSSR count). The molecule has 0 bridgehead atoms. The van der Waals surface area contributed by atoms with E-state index >= 15 is 0 Å². The van der Waals surface area contributed by atoms with Gasteiger partial charge >= 0.3 is 6.03 Å². The van der Waals surface area contributed by atoms with Crippen LogP contribution in [0.1, 0.15) is 44.8 Å². The van der Waals surface area contributed by atoms with Crippen molar-refractivity contribution < 1.29 is 13.6 Å². The number of benzene rings is 1. The van der Waals surface area contributed by atoms with Crippen molar-refractivity contribution in [3.05, 3.63) is 47.8 Å². The van der Waals surface area contributed by atoms with E-state index in [1.165, 1.54) is 0 Å². The maximum atomic E-state index is 13.8.